The lowest BCUT2D eigenvalue weighted by molar-refractivity contribution is 0.0698. The molecule has 0 unspecified atom stereocenters. The second-order valence-electron chi connectivity index (χ2n) is 5.67. The Labute approximate surface area is 120 Å². The van der Waals surface area contributed by atoms with Crippen LogP contribution in [0.3, 0.4) is 0 Å². The van der Waals surface area contributed by atoms with Crippen molar-refractivity contribution in [2.75, 3.05) is 37.8 Å². The van der Waals surface area contributed by atoms with E-state index in [-0.39, 0.29) is 5.56 Å². The Hall–Kier alpha value is -1.75. The maximum Gasteiger partial charge on any atom is 0.337 e. The molecule has 1 aromatic carbocycles. The Balaban J connectivity index is 2.26. The zero-order valence-electron chi connectivity index (χ0n) is 12.4. The largest absolute Gasteiger partial charge is 0.478 e. The summed E-state index contributed by atoms with van der Waals surface area (Å²) in [4.78, 5) is 15.8. The van der Waals surface area contributed by atoms with Crippen LogP contribution < -0.4 is 10.6 Å². The quantitative estimate of drug-likeness (QED) is 0.825. The summed E-state index contributed by atoms with van der Waals surface area (Å²) in [5, 5.41) is 9.24. The van der Waals surface area contributed by atoms with Crippen LogP contribution in [0.2, 0.25) is 0 Å². The van der Waals surface area contributed by atoms with Crippen LogP contribution in [0.15, 0.2) is 12.1 Å². The molecule has 5 heteroatoms. The maximum atomic E-state index is 11.3. The number of carboxylic acid groups (broad SMARTS) is 1. The molecular weight excluding hydrogens is 254 g/mol. The fourth-order valence-corrected chi connectivity index (χ4v) is 2.75. The van der Waals surface area contributed by atoms with Gasteiger partial charge >= 0.3 is 5.97 Å². The number of hydrogen-bond acceptors (Lipinski definition) is 4. The van der Waals surface area contributed by atoms with Crippen LogP contribution >= 0.6 is 0 Å². The molecule has 110 valence electrons. The Morgan fingerprint density at radius 2 is 2.00 bits per heavy atom. The van der Waals surface area contributed by atoms with Crippen LogP contribution in [0.1, 0.15) is 28.8 Å². The molecule has 1 fully saturated rings. The van der Waals surface area contributed by atoms with Crippen LogP contribution in [0, 0.1) is 6.92 Å². The van der Waals surface area contributed by atoms with Crippen LogP contribution in [0.4, 0.5) is 11.4 Å². The number of carboxylic acids is 1. The molecule has 0 aliphatic carbocycles. The number of benzene rings is 1. The lowest BCUT2D eigenvalue weighted by Gasteiger charge is -2.36. The summed E-state index contributed by atoms with van der Waals surface area (Å²) in [6, 6.07) is 4.11. The molecule has 0 radical (unpaired) electrons. The highest BCUT2D eigenvalue weighted by molar-refractivity contribution is 5.95. The Bertz CT molecular complexity index is 508. The molecule has 1 heterocycles. The van der Waals surface area contributed by atoms with Gasteiger partial charge in [0.05, 0.1) is 5.56 Å². The van der Waals surface area contributed by atoms with E-state index < -0.39 is 5.97 Å². The average Bonchev–Trinajstić information content (AvgIpc) is 2.41. The maximum absolute atomic E-state index is 11.3. The molecule has 1 saturated heterocycles. The Kier molecular flexibility index (Phi) is 4.18. The van der Waals surface area contributed by atoms with E-state index in [2.05, 4.69) is 16.8 Å². The highest BCUT2D eigenvalue weighted by Gasteiger charge is 2.22. The van der Waals surface area contributed by atoms with E-state index in [1.165, 1.54) is 0 Å². The number of aryl methyl sites for hydroxylation is 1. The first-order valence-corrected chi connectivity index (χ1v) is 6.95. The van der Waals surface area contributed by atoms with Crippen molar-refractivity contribution in [2.45, 2.75) is 25.8 Å². The van der Waals surface area contributed by atoms with Gasteiger partial charge in [-0.05, 0) is 57.6 Å². The lowest BCUT2D eigenvalue weighted by atomic mass is 10.0. The van der Waals surface area contributed by atoms with Gasteiger partial charge in [0.15, 0.2) is 0 Å². The minimum absolute atomic E-state index is 0.194. The van der Waals surface area contributed by atoms with Crippen molar-refractivity contribution < 1.29 is 9.90 Å². The van der Waals surface area contributed by atoms with E-state index in [0.29, 0.717) is 11.7 Å². The summed E-state index contributed by atoms with van der Waals surface area (Å²) in [6.45, 7) is 4.01. The van der Waals surface area contributed by atoms with Crippen molar-refractivity contribution in [3.63, 3.8) is 0 Å². The number of piperidine rings is 1. The molecule has 0 bridgehead atoms. The molecule has 20 heavy (non-hydrogen) atoms. The number of likely N-dealkylation sites (tertiary alicyclic amines) is 1. The molecule has 3 N–H and O–H groups in total. The topological polar surface area (TPSA) is 69.8 Å². The zero-order valence-corrected chi connectivity index (χ0v) is 12.4. The predicted octanol–water partition coefficient (Wildman–Crippen LogP) is 1.81. The summed E-state index contributed by atoms with van der Waals surface area (Å²) in [5.74, 6) is -0.968. The summed E-state index contributed by atoms with van der Waals surface area (Å²) in [7, 11) is 4.17. The predicted molar refractivity (Wildman–Crippen MR) is 81.5 cm³/mol. The van der Waals surface area contributed by atoms with E-state index in [9.17, 15) is 9.90 Å². The first kappa shape index (κ1) is 14.7. The third-order valence-electron chi connectivity index (χ3n) is 4.25. The zero-order chi connectivity index (χ0) is 14.9. The van der Waals surface area contributed by atoms with Crippen molar-refractivity contribution in [2.24, 2.45) is 0 Å². The van der Waals surface area contributed by atoms with Gasteiger partial charge in [0.2, 0.25) is 0 Å². The SMILES string of the molecule is Cc1cc(N(C)C2CCN(C)CC2)cc(C(=O)O)c1N. The third kappa shape index (κ3) is 2.88. The summed E-state index contributed by atoms with van der Waals surface area (Å²) < 4.78 is 0. The van der Waals surface area contributed by atoms with E-state index in [4.69, 9.17) is 5.73 Å². The molecule has 1 aromatic rings. The molecule has 5 nitrogen and oxygen atoms in total. The average molecular weight is 277 g/mol. The molecule has 0 saturated carbocycles. The standard InChI is InChI=1S/C15H23N3O2/c1-10-8-12(9-13(14(10)16)15(19)20)18(3)11-4-6-17(2)7-5-11/h8-9,11H,4-7,16H2,1-3H3,(H,19,20). The van der Waals surface area contributed by atoms with E-state index >= 15 is 0 Å². The van der Waals surface area contributed by atoms with Gasteiger partial charge in [0.1, 0.15) is 0 Å². The van der Waals surface area contributed by atoms with Gasteiger partial charge in [-0.15, -0.1) is 0 Å². The second-order valence-corrected chi connectivity index (χ2v) is 5.67. The minimum atomic E-state index is -0.968. The molecule has 2 rings (SSSR count). The number of rotatable bonds is 3. The number of carbonyl (C=O) groups is 1. The van der Waals surface area contributed by atoms with E-state index in [0.717, 1.165) is 37.2 Å². The van der Waals surface area contributed by atoms with Crippen molar-refractivity contribution in [1.82, 2.24) is 4.90 Å². The van der Waals surface area contributed by atoms with Gasteiger partial charge in [-0.2, -0.15) is 0 Å². The fourth-order valence-electron chi connectivity index (χ4n) is 2.75. The van der Waals surface area contributed by atoms with Gasteiger partial charge in [0.25, 0.3) is 0 Å². The highest BCUT2D eigenvalue weighted by atomic mass is 16.4. The van der Waals surface area contributed by atoms with Crippen LogP contribution in [-0.2, 0) is 0 Å². The van der Waals surface area contributed by atoms with Gasteiger partial charge in [-0.25, -0.2) is 4.79 Å². The fraction of sp³-hybridized carbons (Fsp3) is 0.533. The van der Waals surface area contributed by atoms with E-state index in [1.54, 1.807) is 6.07 Å². The number of hydrogen-bond donors (Lipinski definition) is 2. The molecule has 0 aromatic heterocycles. The monoisotopic (exact) mass is 277 g/mol. The number of nitrogens with two attached hydrogens (primary N) is 1. The molecule has 1 aliphatic heterocycles. The number of aromatic carboxylic acids is 1. The Morgan fingerprint density at radius 1 is 1.40 bits per heavy atom. The molecular formula is C15H23N3O2. The van der Waals surface area contributed by atoms with Gasteiger partial charge in [0, 0.05) is 24.5 Å². The molecule has 0 amide bonds. The summed E-state index contributed by atoms with van der Waals surface area (Å²) in [6.07, 6.45) is 2.19. The number of nitrogen functional groups attached to an aromatic ring is 1. The second kappa shape index (κ2) is 5.71. The molecule has 1 aliphatic rings. The first-order valence-electron chi connectivity index (χ1n) is 6.95. The number of nitrogens with zero attached hydrogens (tertiary/aromatic N) is 2. The first-order chi connectivity index (χ1) is 9.40. The Morgan fingerprint density at radius 3 is 2.55 bits per heavy atom. The van der Waals surface area contributed by atoms with Crippen LogP contribution in [0.25, 0.3) is 0 Å². The summed E-state index contributed by atoms with van der Waals surface area (Å²) >= 11 is 0. The van der Waals surface area contributed by atoms with Crippen LogP contribution in [0.5, 0.6) is 0 Å². The molecule has 0 atom stereocenters. The lowest BCUT2D eigenvalue weighted by Crippen LogP contribution is -2.42. The van der Waals surface area contributed by atoms with Crippen molar-refractivity contribution in [1.29, 1.82) is 0 Å². The van der Waals surface area contributed by atoms with Crippen molar-refractivity contribution in [3.05, 3.63) is 23.3 Å². The van der Waals surface area contributed by atoms with E-state index in [1.807, 2.05) is 20.0 Å². The third-order valence-corrected chi connectivity index (χ3v) is 4.25. The highest BCUT2D eigenvalue weighted by Crippen LogP contribution is 2.28. The molecule has 0 spiro atoms. The van der Waals surface area contributed by atoms with Gasteiger partial charge in [-0.3, -0.25) is 0 Å². The normalized spacial score (nSPS) is 17.1. The van der Waals surface area contributed by atoms with Crippen LogP contribution in [-0.4, -0.2) is 49.2 Å². The van der Waals surface area contributed by atoms with Gasteiger partial charge < -0.3 is 20.6 Å². The van der Waals surface area contributed by atoms with Gasteiger partial charge in [-0.1, -0.05) is 0 Å². The minimum Gasteiger partial charge on any atom is -0.478 e. The van der Waals surface area contributed by atoms with Crippen molar-refractivity contribution in [3.8, 4) is 0 Å². The van der Waals surface area contributed by atoms with Crippen molar-refractivity contribution >= 4 is 17.3 Å². The summed E-state index contributed by atoms with van der Waals surface area (Å²) in [5.41, 5.74) is 8.15. The smallest absolute Gasteiger partial charge is 0.337 e. The number of anilines is 2.